The quantitative estimate of drug-likeness (QED) is 0.777. The Balaban J connectivity index is 3.21. The molecule has 0 aliphatic heterocycles. The van der Waals surface area contributed by atoms with E-state index in [4.69, 9.17) is 4.74 Å². The van der Waals surface area contributed by atoms with Crippen molar-refractivity contribution in [3.63, 3.8) is 0 Å². The molecule has 0 aliphatic carbocycles. The van der Waals surface area contributed by atoms with Gasteiger partial charge in [-0.25, -0.2) is 0 Å². The minimum atomic E-state index is 0.0244. The molecule has 0 heterocycles. The molecule has 0 spiro atoms. The number of ether oxygens (including phenoxy) is 1. The Morgan fingerprint density at radius 3 is 2.62 bits per heavy atom. The number of hydrogen-bond acceptors (Lipinski definition) is 3. The van der Waals surface area contributed by atoms with Crippen molar-refractivity contribution in [3.8, 4) is 5.75 Å². The van der Waals surface area contributed by atoms with Crippen molar-refractivity contribution in [2.45, 2.75) is 27.2 Å². The number of aryl methyl sites for hydroxylation is 1. The van der Waals surface area contributed by atoms with Gasteiger partial charge in [0.1, 0.15) is 0 Å². The summed E-state index contributed by atoms with van der Waals surface area (Å²) in [7, 11) is 1.60. The molecule has 0 aliphatic rings. The molecule has 0 saturated heterocycles. The SMILES string of the molecule is CCCNc1c(C)ccc(C(C)=O)c1OC. The molecule has 0 bridgehead atoms. The highest BCUT2D eigenvalue weighted by Crippen LogP contribution is 2.32. The molecule has 0 unspecified atom stereocenters. The van der Waals surface area contributed by atoms with Crippen LogP contribution in [0.2, 0.25) is 0 Å². The molecule has 1 rings (SSSR count). The van der Waals surface area contributed by atoms with Gasteiger partial charge in [-0.2, -0.15) is 0 Å². The molecule has 0 fully saturated rings. The Bertz CT molecular complexity index is 386. The molecule has 88 valence electrons. The van der Waals surface area contributed by atoms with E-state index in [1.807, 2.05) is 19.1 Å². The molecular weight excluding hydrogens is 202 g/mol. The Morgan fingerprint density at radius 2 is 2.12 bits per heavy atom. The number of carbonyl (C=O) groups is 1. The van der Waals surface area contributed by atoms with Crippen molar-refractivity contribution in [2.24, 2.45) is 0 Å². The van der Waals surface area contributed by atoms with Crippen LogP contribution in [0, 0.1) is 6.92 Å². The van der Waals surface area contributed by atoms with E-state index < -0.39 is 0 Å². The van der Waals surface area contributed by atoms with E-state index in [2.05, 4.69) is 12.2 Å². The summed E-state index contributed by atoms with van der Waals surface area (Å²) in [6.07, 6.45) is 1.03. The van der Waals surface area contributed by atoms with Crippen molar-refractivity contribution in [3.05, 3.63) is 23.3 Å². The first-order valence-corrected chi connectivity index (χ1v) is 5.54. The molecule has 16 heavy (non-hydrogen) atoms. The predicted molar refractivity (Wildman–Crippen MR) is 66.5 cm³/mol. The van der Waals surface area contributed by atoms with E-state index in [9.17, 15) is 4.79 Å². The van der Waals surface area contributed by atoms with Gasteiger partial charge in [-0.15, -0.1) is 0 Å². The Hall–Kier alpha value is -1.51. The third kappa shape index (κ3) is 2.54. The third-order valence-electron chi connectivity index (χ3n) is 2.50. The summed E-state index contributed by atoms with van der Waals surface area (Å²) in [5.41, 5.74) is 2.65. The summed E-state index contributed by atoms with van der Waals surface area (Å²) in [4.78, 5) is 11.5. The van der Waals surface area contributed by atoms with Crippen LogP contribution in [-0.4, -0.2) is 19.4 Å². The largest absolute Gasteiger partial charge is 0.494 e. The van der Waals surface area contributed by atoms with Gasteiger partial charge in [0.05, 0.1) is 18.4 Å². The normalized spacial score (nSPS) is 10.0. The lowest BCUT2D eigenvalue weighted by Gasteiger charge is -2.16. The molecule has 0 amide bonds. The molecule has 0 aromatic heterocycles. The van der Waals surface area contributed by atoms with Gasteiger partial charge in [-0.05, 0) is 31.9 Å². The molecule has 0 radical (unpaired) electrons. The number of ketones is 1. The van der Waals surface area contributed by atoms with Crippen molar-refractivity contribution in [1.29, 1.82) is 0 Å². The number of anilines is 1. The van der Waals surface area contributed by atoms with Crippen LogP contribution in [0.4, 0.5) is 5.69 Å². The first-order valence-electron chi connectivity index (χ1n) is 5.54. The van der Waals surface area contributed by atoms with E-state index in [0.29, 0.717) is 11.3 Å². The second-order valence-electron chi connectivity index (χ2n) is 3.82. The Kier molecular flexibility index (Phi) is 4.35. The highest BCUT2D eigenvalue weighted by atomic mass is 16.5. The number of methoxy groups -OCH3 is 1. The second-order valence-corrected chi connectivity index (χ2v) is 3.82. The zero-order chi connectivity index (χ0) is 12.1. The maximum absolute atomic E-state index is 11.5. The Labute approximate surface area is 96.8 Å². The standard InChI is InChI=1S/C13H19NO2/c1-5-8-14-12-9(2)6-7-11(10(3)15)13(12)16-4/h6-7,14H,5,8H2,1-4H3. The van der Waals surface area contributed by atoms with Crippen LogP contribution in [0.3, 0.4) is 0 Å². The van der Waals surface area contributed by atoms with Gasteiger partial charge in [0.25, 0.3) is 0 Å². The predicted octanol–water partition coefficient (Wildman–Crippen LogP) is 3.03. The summed E-state index contributed by atoms with van der Waals surface area (Å²) < 4.78 is 5.33. The number of rotatable bonds is 5. The summed E-state index contributed by atoms with van der Waals surface area (Å²) in [6, 6.07) is 3.75. The van der Waals surface area contributed by atoms with Gasteiger partial charge in [0.15, 0.2) is 11.5 Å². The van der Waals surface area contributed by atoms with E-state index in [1.165, 1.54) is 0 Å². The van der Waals surface area contributed by atoms with E-state index in [-0.39, 0.29) is 5.78 Å². The molecule has 0 saturated carbocycles. The average molecular weight is 221 g/mol. The first-order chi connectivity index (χ1) is 7.61. The van der Waals surface area contributed by atoms with E-state index in [1.54, 1.807) is 14.0 Å². The summed E-state index contributed by atoms with van der Waals surface area (Å²) in [5.74, 6) is 0.678. The number of Topliss-reactive ketones (excluding diaryl/α,β-unsaturated/α-hetero) is 1. The van der Waals surface area contributed by atoms with Gasteiger partial charge >= 0.3 is 0 Å². The topological polar surface area (TPSA) is 38.3 Å². The zero-order valence-electron chi connectivity index (χ0n) is 10.4. The maximum atomic E-state index is 11.5. The number of hydrogen-bond donors (Lipinski definition) is 1. The van der Waals surface area contributed by atoms with Gasteiger partial charge in [0.2, 0.25) is 0 Å². The average Bonchev–Trinajstić information content (AvgIpc) is 2.26. The summed E-state index contributed by atoms with van der Waals surface area (Å²) in [6.45, 7) is 6.53. The zero-order valence-corrected chi connectivity index (χ0v) is 10.4. The molecule has 1 aromatic carbocycles. The molecular formula is C13H19NO2. The van der Waals surface area contributed by atoms with Crippen LogP contribution in [0.25, 0.3) is 0 Å². The van der Waals surface area contributed by atoms with Crippen molar-refractivity contribution >= 4 is 11.5 Å². The Morgan fingerprint density at radius 1 is 1.44 bits per heavy atom. The highest BCUT2D eigenvalue weighted by molar-refractivity contribution is 5.99. The minimum Gasteiger partial charge on any atom is -0.494 e. The lowest BCUT2D eigenvalue weighted by Crippen LogP contribution is -2.07. The molecule has 3 nitrogen and oxygen atoms in total. The van der Waals surface area contributed by atoms with Crippen LogP contribution in [0.5, 0.6) is 5.75 Å². The monoisotopic (exact) mass is 221 g/mol. The van der Waals surface area contributed by atoms with Gasteiger partial charge in [0, 0.05) is 6.54 Å². The fourth-order valence-electron chi connectivity index (χ4n) is 1.64. The molecule has 0 atom stereocenters. The van der Waals surface area contributed by atoms with Crippen LogP contribution in [0.15, 0.2) is 12.1 Å². The van der Waals surface area contributed by atoms with Crippen molar-refractivity contribution in [1.82, 2.24) is 0 Å². The second kappa shape index (κ2) is 5.54. The van der Waals surface area contributed by atoms with Crippen molar-refractivity contribution in [2.75, 3.05) is 19.0 Å². The van der Waals surface area contributed by atoms with Crippen LogP contribution < -0.4 is 10.1 Å². The van der Waals surface area contributed by atoms with E-state index in [0.717, 1.165) is 24.2 Å². The first kappa shape index (κ1) is 12.6. The van der Waals surface area contributed by atoms with Gasteiger partial charge in [-0.3, -0.25) is 4.79 Å². The summed E-state index contributed by atoms with van der Waals surface area (Å²) in [5, 5.41) is 3.30. The fourth-order valence-corrected chi connectivity index (χ4v) is 1.64. The number of benzene rings is 1. The summed E-state index contributed by atoms with van der Waals surface area (Å²) >= 11 is 0. The maximum Gasteiger partial charge on any atom is 0.163 e. The van der Waals surface area contributed by atoms with Gasteiger partial charge < -0.3 is 10.1 Å². The van der Waals surface area contributed by atoms with Crippen LogP contribution in [-0.2, 0) is 0 Å². The third-order valence-corrected chi connectivity index (χ3v) is 2.50. The van der Waals surface area contributed by atoms with Gasteiger partial charge in [-0.1, -0.05) is 13.0 Å². The lowest BCUT2D eigenvalue weighted by molar-refractivity contribution is 0.101. The van der Waals surface area contributed by atoms with Crippen LogP contribution >= 0.6 is 0 Å². The number of nitrogens with one attached hydrogen (secondary N) is 1. The highest BCUT2D eigenvalue weighted by Gasteiger charge is 2.14. The van der Waals surface area contributed by atoms with Crippen molar-refractivity contribution < 1.29 is 9.53 Å². The lowest BCUT2D eigenvalue weighted by atomic mass is 10.1. The fraction of sp³-hybridized carbons (Fsp3) is 0.462. The number of carbonyl (C=O) groups excluding carboxylic acids is 1. The molecule has 1 aromatic rings. The van der Waals surface area contributed by atoms with Crippen LogP contribution in [0.1, 0.15) is 36.2 Å². The minimum absolute atomic E-state index is 0.0244. The smallest absolute Gasteiger partial charge is 0.163 e. The van der Waals surface area contributed by atoms with E-state index >= 15 is 0 Å². The molecule has 3 heteroatoms. The molecule has 1 N–H and O–H groups in total.